The van der Waals surface area contributed by atoms with Gasteiger partial charge in [-0.1, -0.05) is 90.1 Å². The van der Waals surface area contributed by atoms with E-state index in [1.54, 1.807) is 12.1 Å². The second kappa shape index (κ2) is 12.9. The van der Waals surface area contributed by atoms with E-state index in [1.807, 2.05) is 94.0 Å². The summed E-state index contributed by atoms with van der Waals surface area (Å²) in [6, 6.07) is 20.1. The summed E-state index contributed by atoms with van der Waals surface area (Å²) in [4.78, 5) is 37.9. The van der Waals surface area contributed by atoms with E-state index in [4.69, 9.17) is 9.47 Å². The summed E-state index contributed by atoms with van der Waals surface area (Å²) in [5.74, 6) is 4.57. The van der Waals surface area contributed by atoms with Crippen molar-refractivity contribution in [1.29, 1.82) is 0 Å². The lowest BCUT2D eigenvalue weighted by Crippen LogP contribution is -2.11. The normalized spacial score (nSPS) is 16.7. The van der Waals surface area contributed by atoms with Gasteiger partial charge in [0.25, 0.3) is 0 Å². The molecular weight excluding hydrogens is 761 g/mol. The van der Waals surface area contributed by atoms with Crippen LogP contribution >= 0.6 is 69.7 Å². The number of ether oxygens (including phenoxy) is 2. The molecule has 0 saturated carbocycles. The van der Waals surface area contributed by atoms with Crippen molar-refractivity contribution < 1.29 is 19.1 Å². The van der Waals surface area contributed by atoms with Crippen LogP contribution in [0.2, 0.25) is 0 Å². The molecular formula is C42H36O4S6. The molecule has 0 unspecified atom stereocenters. The van der Waals surface area contributed by atoms with E-state index in [0.29, 0.717) is 33.1 Å². The third-order valence-corrected chi connectivity index (χ3v) is 18.5. The van der Waals surface area contributed by atoms with Gasteiger partial charge in [-0.2, -0.15) is 0 Å². The fourth-order valence-corrected chi connectivity index (χ4v) is 16.0. The summed E-state index contributed by atoms with van der Waals surface area (Å²) < 4.78 is 11.7. The number of esters is 2. The molecule has 4 nitrogen and oxygen atoms in total. The van der Waals surface area contributed by atoms with E-state index < -0.39 is 11.9 Å². The Bertz CT molecular complexity index is 2280. The molecule has 9 rings (SSSR count). The number of hydrogen-bond acceptors (Lipinski definition) is 10. The highest BCUT2D eigenvalue weighted by atomic mass is 32.2. The predicted molar refractivity (Wildman–Crippen MR) is 222 cm³/mol. The number of rotatable bonds is 4. The topological polar surface area (TPSA) is 52.6 Å². The molecule has 6 heterocycles. The van der Waals surface area contributed by atoms with E-state index in [1.165, 1.54) is 39.1 Å². The number of hydrogen-bond donors (Lipinski definition) is 0. The van der Waals surface area contributed by atoms with Gasteiger partial charge in [0.1, 0.15) is 11.5 Å². The van der Waals surface area contributed by atoms with Gasteiger partial charge < -0.3 is 9.47 Å². The molecule has 2 aromatic heterocycles. The van der Waals surface area contributed by atoms with Crippen molar-refractivity contribution in [2.45, 2.75) is 72.0 Å². The summed E-state index contributed by atoms with van der Waals surface area (Å²) in [7, 11) is 0. The van der Waals surface area contributed by atoms with Crippen LogP contribution in [0.15, 0.2) is 80.2 Å². The van der Waals surface area contributed by atoms with Gasteiger partial charge in [-0.15, -0.1) is 69.7 Å². The smallest absolute Gasteiger partial charge is 0.344 e. The SMILES string of the molecule is CC(C)(C)c1sc(-c2ccc(C3=c4cc5c(cc4OC3=O)=C(c3ccc(-c4sc(C(C)(C)C)c6c4SCCS6)cc3)C(=O)O5)cc2)c2c1SCCS2. The lowest BCUT2D eigenvalue weighted by Gasteiger charge is -2.20. The minimum Gasteiger partial charge on any atom is -0.422 e. The van der Waals surface area contributed by atoms with Gasteiger partial charge in [0, 0.05) is 72.5 Å². The summed E-state index contributed by atoms with van der Waals surface area (Å²) in [5, 5.41) is 1.28. The van der Waals surface area contributed by atoms with Crippen LogP contribution in [0.4, 0.5) is 0 Å². The zero-order valence-electron chi connectivity index (χ0n) is 29.7. The highest BCUT2D eigenvalue weighted by molar-refractivity contribution is 8.06. The first-order chi connectivity index (χ1) is 24.9. The second-order valence-corrected chi connectivity index (χ2v) is 21.7. The van der Waals surface area contributed by atoms with Crippen molar-refractivity contribution in [3.8, 4) is 32.4 Å². The number of carbonyl (C=O) groups is 2. The van der Waals surface area contributed by atoms with E-state index in [0.717, 1.165) is 45.3 Å². The Hall–Kier alpha value is -2.86. The fourth-order valence-electron chi connectivity index (χ4n) is 7.03. The summed E-state index contributed by atoms with van der Waals surface area (Å²) >= 11 is 11.6. The second-order valence-electron chi connectivity index (χ2n) is 15.3. The Balaban J connectivity index is 1.07. The minimum atomic E-state index is -0.399. The Morgan fingerprint density at radius 3 is 1.15 bits per heavy atom. The largest absolute Gasteiger partial charge is 0.422 e. The van der Waals surface area contributed by atoms with Crippen molar-refractivity contribution in [3.05, 3.63) is 92.0 Å². The maximum Gasteiger partial charge on any atom is 0.344 e. The van der Waals surface area contributed by atoms with Crippen molar-refractivity contribution in [3.63, 3.8) is 0 Å². The molecule has 0 N–H and O–H groups in total. The first kappa shape index (κ1) is 34.9. The van der Waals surface area contributed by atoms with Gasteiger partial charge in [-0.25, -0.2) is 9.59 Å². The van der Waals surface area contributed by atoms with Crippen molar-refractivity contribution >= 4 is 92.8 Å². The Labute approximate surface area is 328 Å². The molecule has 0 saturated heterocycles. The predicted octanol–water partition coefficient (Wildman–Crippen LogP) is 10.4. The molecule has 0 fully saturated rings. The number of benzene rings is 3. The highest BCUT2D eigenvalue weighted by Gasteiger charge is 2.33. The average molecular weight is 797 g/mol. The third kappa shape index (κ3) is 5.84. The Morgan fingerprint density at radius 2 is 0.808 bits per heavy atom. The first-order valence-electron chi connectivity index (χ1n) is 17.3. The molecule has 0 radical (unpaired) electrons. The summed E-state index contributed by atoms with van der Waals surface area (Å²) in [6.07, 6.45) is 0. The van der Waals surface area contributed by atoms with E-state index >= 15 is 0 Å². The van der Waals surface area contributed by atoms with Crippen LogP contribution in [0, 0.1) is 0 Å². The number of carbonyl (C=O) groups excluding carboxylic acids is 2. The fraction of sp³-hybridized carbons (Fsp3) is 0.286. The van der Waals surface area contributed by atoms with Crippen LogP contribution in [-0.2, 0) is 20.4 Å². The molecule has 4 aliphatic heterocycles. The lowest BCUT2D eigenvalue weighted by molar-refractivity contribution is -0.128. The highest BCUT2D eigenvalue weighted by Crippen LogP contribution is 2.54. The quantitative estimate of drug-likeness (QED) is 0.132. The average Bonchev–Trinajstić information content (AvgIpc) is 3.86. The molecule has 0 spiro atoms. The molecule has 10 heteroatoms. The minimum absolute atomic E-state index is 0.0775. The van der Waals surface area contributed by atoms with Crippen LogP contribution < -0.4 is 19.9 Å². The van der Waals surface area contributed by atoms with Gasteiger partial charge in [-0.3, -0.25) is 0 Å². The molecule has 0 bridgehead atoms. The van der Waals surface area contributed by atoms with Gasteiger partial charge in [0.05, 0.1) is 11.1 Å². The Morgan fingerprint density at radius 1 is 0.481 bits per heavy atom. The van der Waals surface area contributed by atoms with Gasteiger partial charge in [-0.05, 0) is 45.2 Å². The molecule has 52 heavy (non-hydrogen) atoms. The zero-order chi connectivity index (χ0) is 36.1. The monoisotopic (exact) mass is 796 g/mol. The molecule has 5 aromatic rings. The van der Waals surface area contributed by atoms with Gasteiger partial charge >= 0.3 is 11.9 Å². The lowest BCUT2D eigenvalue weighted by atomic mass is 9.94. The van der Waals surface area contributed by atoms with Crippen molar-refractivity contribution in [1.82, 2.24) is 0 Å². The molecule has 3 aromatic carbocycles. The van der Waals surface area contributed by atoms with E-state index in [9.17, 15) is 9.59 Å². The standard InChI is InChI=1S/C42H36O4S6/c1-41(2,3)37-35-33(47-15-17-49-35)31(51-37)23-11-7-21(8-12-23)29-25-19-28-26(20-27(25)45-39(29)43)30(40(44)46-28)22-9-13-24(14-10-22)32-34-36(50-18-16-48-34)38(52-32)42(4,5)6/h7-14,19-20H,15-18H2,1-6H3. The molecule has 0 aliphatic carbocycles. The molecule has 4 aliphatic rings. The van der Waals surface area contributed by atoms with Crippen LogP contribution in [0.1, 0.15) is 62.4 Å². The molecule has 0 atom stereocenters. The first-order valence-corrected chi connectivity index (χ1v) is 22.9. The maximum atomic E-state index is 13.4. The summed E-state index contributed by atoms with van der Waals surface area (Å²) in [5.41, 5.74) is 4.99. The number of thioether (sulfide) groups is 4. The van der Waals surface area contributed by atoms with Crippen LogP contribution in [-0.4, -0.2) is 35.0 Å². The van der Waals surface area contributed by atoms with Crippen molar-refractivity contribution in [2.75, 3.05) is 23.0 Å². The third-order valence-electron chi connectivity index (χ3n) is 9.47. The van der Waals surface area contributed by atoms with Gasteiger partial charge in [0.2, 0.25) is 0 Å². The van der Waals surface area contributed by atoms with E-state index in [2.05, 4.69) is 65.8 Å². The zero-order valence-corrected chi connectivity index (χ0v) is 34.6. The molecule has 264 valence electrons. The Kier molecular flexibility index (Phi) is 8.64. The van der Waals surface area contributed by atoms with Crippen LogP contribution in [0.3, 0.4) is 0 Å². The van der Waals surface area contributed by atoms with Crippen LogP contribution in [0.5, 0.6) is 11.5 Å². The number of thiophene rings is 2. The number of fused-ring (bicyclic) bond motifs is 4. The van der Waals surface area contributed by atoms with Crippen molar-refractivity contribution in [2.24, 2.45) is 0 Å². The van der Waals surface area contributed by atoms with Crippen LogP contribution in [0.25, 0.3) is 32.0 Å². The maximum absolute atomic E-state index is 13.4. The van der Waals surface area contributed by atoms with E-state index in [-0.39, 0.29) is 10.8 Å². The van der Waals surface area contributed by atoms with Gasteiger partial charge in [0.15, 0.2) is 0 Å². The molecule has 0 amide bonds. The summed E-state index contributed by atoms with van der Waals surface area (Å²) in [6.45, 7) is 13.7.